The van der Waals surface area contributed by atoms with Crippen molar-refractivity contribution in [2.24, 2.45) is 0 Å². The smallest absolute Gasteiger partial charge is 0.281 e. The maximum Gasteiger partial charge on any atom is 0.281 e. The van der Waals surface area contributed by atoms with E-state index >= 15 is 0 Å². The number of benzene rings is 3. The summed E-state index contributed by atoms with van der Waals surface area (Å²) in [6.07, 6.45) is 0. The highest BCUT2D eigenvalue weighted by Crippen LogP contribution is 2.23. The van der Waals surface area contributed by atoms with Crippen LogP contribution in [0.4, 0.5) is 11.6 Å². The Morgan fingerprint density at radius 3 is 2.33 bits per heavy atom. The summed E-state index contributed by atoms with van der Waals surface area (Å²) in [6, 6.07) is 23.1. The van der Waals surface area contributed by atoms with E-state index in [2.05, 4.69) is 44.6 Å². The lowest BCUT2D eigenvalue weighted by Gasteiger charge is -2.13. The predicted octanol–water partition coefficient (Wildman–Crippen LogP) is 4.63. The first kappa shape index (κ1) is 22.1. The number of carbonyl (C=O) groups is 1. The van der Waals surface area contributed by atoms with E-state index in [0.29, 0.717) is 23.9 Å². The van der Waals surface area contributed by atoms with E-state index < -0.39 is 0 Å². The maximum atomic E-state index is 13.4. The molecule has 0 radical (unpaired) electrons. The SMILES string of the molecule is COc1ccc(-c2nc(NCc3ccc(N(C)C)cc3)n(C(=O)c3ccccc3C)n2)cc1. The molecular weight excluding hydrogens is 414 g/mol. The summed E-state index contributed by atoms with van der Waals surface area (Å²) in [5.41, 5.74) is 4.46. The molecule has 0 bridgehead atoms. The summed E-state index contributed by atoms with van der Waals surface area (Å²) in [6.45, 7) is 2.42. The van der Waals surface area contributed by atoms with Gasteiger partial charge in [-0.25, -0.2) is 0 Å². The number of hydrogen-bond acceptors (Lipinski definition) is 6. The van der Waals surface area contributed by atoms with Crippen LogP contribution >= 0.6 is 0 Å². The molecule has 168 valence electrons. The Morgan fingerprint density at radius 2 is 1.70 bits per heavy atom. The number of ether oxygens (including phenoxy) is 1. The number of hydrogen-bond donors (Lipinski definition) is 1. The zero-order valence-electron chi connectivity index (χ0n) is 19.2. The van der Waals surface area contributed by atoms with E-state index in [1.54, 1.807) is 13.2 Å². The second-order valence-corrected chi connectivity index (χ2v) is 7.93. The van der Waals surface area contributed by atoms with Crippen molar-refractivity contribution < 1.29 is 9.53 Å². The van der Waals surface area contributed by atoms with Crippen molar-refractivity contribution in [3.63, 3.8) is 0 Å². The first-order chi connectivity index (χ1) is 16.0. The summed E-state index contributed by atoms with van der Waals surface area (Å²) in [5, 5.41) is 7.84. The highest BCUT2D eigenvalue weighted by molar-refractivity contribution is 5.98. The van der Waals surface area contributed by atoms with Crippen LogP contribution in [0.25, 0.3) is 11.4 Å². The van der Waals surface area contributed by atoms with E-state index in [4.69, 9.17) is 4.74 Å². The first-order valence-corrected chi connectivity index (χ1v) is 10.7. The highest BCUT2D eigenvalue weighted by atomic mass is 16.5. The zero-order valence-corrected chi connectivity index (χ0v) is 19.2. The Balaban J connectivity index is 1.66. The van der Waals surface area contributed by atoms with Crippen LogP contribution in [0.1, 0.15) is 21.5 Å². The molecule has 33 heavy (non-hydrogen) atoms. The number of carbonyl (C=O) groups excluding carboxylic acids is 1. The fraction of sp³-hybridized carbons (Fsp3) is 0.192. The van der Waals surface area contributed by atoms with Gasteiger partial charge in [0.15, 0.2) is 5.82 Å². The van der Waals surface area contributed by atoms with Gasteiger partial charge in [0.2, 0.25) is 5.95 Å². The largest absolute Gasteiger partial charge is 0.497 e. The third-order valence-electron chi connectivity index (χ3n) is 5.43. The molecule has 7 heteroatoms. The first-order valence-electron chi connectivity index (χ1n) is 10.7. The molecule has 0 fully saturated rings. The van der Waals surface area contributed by atoms with E-state index in [1.165, 1.54) is 4.68 Å². The lowest BCUT2D eigenvalue weighted by Crippen LogP contribution is -2.18. The number of anilines is 2. The van der Waals surface area contributed by atoms with Crippen LogP contribution in [0, 0.1) is 6.92 Å². The fourth-order valence-electron chi connectivity index (χ4n) is 3.45. The van der Waals surface area contributed by atoms with Gasteiger partial charge in [-0.2, -0.15) is 9.67 Å². The van der Waals surface area contributed by atoms with Crippen molar-refractivity contribution in [1.29, 1.82) is 0 Å². The van der Waals surface area contributed by atoms with E-state index in [1.807, 2.05) is 63.5 Å². The Bertz CT molecular complexity index is 1240. The highest BCUT2D eigenvalue weighted by Gasteiger charge is 2.20. The van der Waals surface area contributed by atoms with Crippen LogP contribution in [0.3, 0.4) is 0 Å². The molecule has 0 aliphatic rings. The van der Waals surface area contributed by atoms with Gasteiger partial charge >= 0.3 is 0 Å². The fourth-order valence-corrected chi connectivity index (χ4v) is 3.45. The molecule has 0 atom stereocenters. The Morgan fingerprint density at radius 1 is 1.00 bits per heavy atom. The minimum Gasteiger partial charge on any atom is -0.497 e. The summed E-state index contributed by atoms with van der Waals surface area (Å²) < 4.78 is 6.58. The Labute approximate surface area is 193 Å². The molecule has 0 amide bonds. The molecule has 3 aromatic carbocycles. The van der Waals surface area contributed by atoms with E-state index in [0.717, 1.165) is 28.1 Å². The lowest BCUT2D eigenvalue weighted by molar-refractivity contribution is 0.0947. The summed E-state index contributed by atoms with van der Waals surface area (Å²) in [5.74, 6) is 1.37. The van der Waals surface area contributed by atoms with Crippen LogP contribution in [-0.4, -0.2) is 41.9 Å². The van der Waals surface area contributed by atoms with Gasteiger partial charge < -0.3 is 15.0 Å². The van der Waals surface area contributed by atoms with Crippen molar-refractivity contribution in [3.05, 3.63) is 89.5 Å². The van der Waals surface area contributed by atoms with Gasteiger partial charge in [0.25, 0.3) is 5.91 Å². The standard InChI is InChI=1S/C26H27N5O2/c1-18-7-5-6-8-23(18)25(32)31-26(27-17-19-9-13-21(14-10-19)30(2)3)28-24(29-31)20-11-15-22(33-4)16-12-20/h5-16H,17H2,1-4H3,(H,27,28,29). The molecule has 1 N–H and O–H groups in total. The lowest BCUT2D eigenvalue weighted by atomic mass is 10.1. The molecule has 4 aromatic rings. The number of methoxy groups -OCH3 is 1. The predicted molar refractivity (Wildman–Crippen MR) is 131 cm³/mol. The molecule has 1 heterocycles. The third kappa shape index (κ3) is 4.87. The molecule has 0 aliphatic carbocycles. The summed E-state index contributed by atoms with van der Waals surface area (Å²) >= 11 is 0. The summed E-state index contributed by atoms with van der Waals surface area (Å²) in [4.78, 5) is 20.1. The average Bonchev–Trinajstić information content (AvgIpc) is 3.27. The Kier molecular flexibility index (Phi) is 6.40. The minimum absolute atomic E-state index is 0.231. The Hall–Kier alpha value is -4.13. The molecule has 4 rings (SSSR count). The average molecular weight is 442 g/mol. The summed E-state index contributed by atoms with van der Waals surface area (Å²) in [7, 11) is 5.64. The molecule has 0 spiro atoms. The third-order valence-corrected chi connectivity index (χ3v) is 5.43. The van der Waals surface area contributed by atoms with Crippen molar-refractivity contribution in [3.8, 4) is 17.1 Å². The molecule has 1 aromatic heterocycles. The van der Waals surface area contributed by atoms with Gasteiger partial charge in [-0.1, -0.05) is 30.3 Å². The monoisotopic (exact) mass is 441 g/mol. The van der Waals surface area contributed by atoms with Crippen molar-refractivity contribution in [1.82, 2.24) is 14.8 Å². The van der Waals surface area contributed by atoms with Gasteiger partial charge in [0, 0.05) is 37.5 Å². The molecule has 0 saturated carbocycles. The van der Waals surface area contributed by atoms with Gasteiger partial charge in [0.05, 0.1) is 7.11 Å². The second kappa shape index (κ2) is 9.56. The van der Waals surface area contributed by atoms with Gasteiger partial charge in [0.1, 0.15) is 5.75 Å². The number of nitrogens with zero attached hydrogens (tertiary/aromatic N) is 4. The van der Waals surface area contributed by atoms with Crippen LogP contribution in [0.5, 0.6) is 5.75 Å². The number of rotatable bonds is 7. The number of aromatic nitrogens is 3. The van der Waals surface area contributed by atoms with Gasteiger partial charge in [-0.15, -0.1) is 5.10 Å². The van der Waals surface area contributed by atoms with Crippen LogP contribution in [-0.2, 0) is 6.54 Å². The van der Waals surface area contributed by atoms with Gasteiger partial charge in [-0.05, 0) is 60.5 Å². The maximum absolute atomic E-state index is 13.4. The van der Waals surface area contributed by atoms with E-state index in [-0.39, 0.29) is 5.91 Å². The second-order valence-electron chi connectivity index (χ2n) is 7.93. The topological polar surface area (TPSA) is 72.3 Å². The minimum atomic E-state index is -0.231. The number of nitrogens with one attached hydrogen (secondary N) is 1. The van der Waals surface area contributed by atoms with Crippen molar-refractivity contribution >= 4 is 17.5 Å². The van der Waals surface area contributed by atoms with Crippen molar-refractivity contribution in [2.45, 2.75) is 13.5 Å². The molecule has 0 aliphatic heterocycles. The van der Waals surface area contributed by atoms with Crippen LogP contribution < -0.4 is 15.0 Å². The molecular formula is C26H27N5O2. The van der Waals surface area contributed by atoms with Crippen molar-refractivity contribution in [2.75, 3.05) is 31.4 Å². The molecule has 7 nitrogen and oxygen atoms in total. The van der Waals surface area contributed by atoms with E-state index in [9.17, 15) is 4.79 Å². The van der Waals surface area contributed by atoms with Crippen LogP contribution in [0.15, 0.2) is 72.8 Å². The molecule has 0 saturated heterocycles. The molecule has 0 unspecified atom stereocenters. The normalized spacial score (nSPS) is 10.7. The zero-order chi connectivity index (χ0) is 23.4. The number of aryl methyl sites for hydroxylation is 1. The van der Waals surface area contributed by atoms with Crippen LogP contribution in [0.2, 0.25) is 0 Å². The quantitative estimate of drug-likeness (QED) is 0.451. The van der Waals surface area contributed by atoms with Gasteiger partial charge in [-0.3, -0.25) is 4.79 Å².